The van der Waals surface area contributed by atoms with Gasteiger partial charge in [0.2, 0.25) is 0 Å². The number of fused-ring (bicyclic) bond motifs is 2. The van der Waals surface area contributed by atoms with Gasteiger partial charge in [-0.1, -0.05) is 57.2 Å². The van der Waals surface area contributed by atoms with Crippen LogP contribution in [0.4, 0.5) is 4.39 Å². The Balaban J connectivity index is 2.02. The number of pyridine rings is 1. The van der Waals surface area contributed by atoms with Crippen LogP contribution in [-0.2, 0) is 6.42 Å². The lowest BCUT2D eigenvalue weighted by Crippen LogP contribution is -2.31. The summed E-state index contributed by atoms with van der Waals surface area (Å²) in [4.78, 5) is 16.9. The van der Waals surface area contributed by atoms with E-state index in [1.54, 1.807) is 30.3 Å². The maximum Gasteiger partial charge on any atom is 0.130 e. The van der Waals surface area contributed by atoms with E-state index < -0.39 is 5.97 Å². The van der Waals surface area contributed by atoms with E-state index in [1.165, 1.54) is 6.07 Å². The fraction of sp³-hybridized carbons (Fsp3) is 0.280. The van der Waals surface area contributed by atoms with Crippen molar-refractivity contribution in [1.29, 1.82) is 0 Å². The molecule has 1 aliphatic rings. The van der Waals surface area contributed by atoms with Crippen LogP contribution in [0.3, 0.4) is 0 Å². The predicted octanol–water partition coefficient (Wildman–Crippen LogP) is 4.89. The van der Waals surface area contributed by atoms with Crippen LogP contribution in [0, 0.1) is 17.2 Å². The second-order valence-corrected chi connectivity index (χ2v) is 8.78. The molecule has 148 valence electrons. The molecular formula is C25H23FNO2-. The highest BCUT2D eigenvalue weighted by atomic mass is 19.1. The molecule has 0 saturated heterocycles. The standard InChI is InChI=1S/C25H24FNO2/c1-25(2,3)17-13-16(12-15-8-4-6-10-20(15)26)23-19(14-17)22(24(28)29)18-9-5-7-11-21(18)27-23/h4-12,17H,13-14H2,1-3H3,(H,28,29)/p-1/b16-12+/t17-/m1/s1. The van der Waals surface area contributed by atoms with E-state index in [-0.39, 0.29) is 22.7 Å². The van der Waals surface area contributed by atoms with Crippen molar-refractivity contribution < 1.29 is 14.3 Å². The summed E-state index contributed by atoms with van der Waals surface area (Å²) >= 11 is 0. The van der Waals surface area contributed by atoms with E-state index in [0.29, 0.717) is 40.6 Å². The highest BCUT2D eigenvalue weighted by Gasteiger charge is 2.34. The number of carboxylic acids is 1. The van der Waals surface area contributed by atoms with E-state index in [1.807, 2.05) is 18.2 Å². The molecule has 4 rings (SSSR count). The monoisotopic (exact) mass is 388 g/mol. The van der Waals surface area contributed by atoms with Crippen molar-refractivity contribution in [1.82, 2.24) is 4.98 Å². The molecule has 0 radical (unpaired) electrons. The quantitative estimate of drug-likeness (QED) is 0.628. The Morgan fingerprint density at radius 2 is 1.79 bits per heavy atom. The third kappa shape index (κ3) is 3.55. The van der Waals surface area contributed by atoms with Gasteiger partial charge in [0, 0.05) is 16.5 Å². The summed E-state index contributed by atoms with van der Waals surface area (Å²) < 4.78 is 14.3. The predicted molar refractivity (Wildman–Crippen MR) is 112 cm³/mol. The van der Waals surface area contributed by atoms with E-state index in [2.05, 4.69) is 20.8 Å². The number of para-hydroxylation sites is 1. The Morgan fingerprint density at radius 1 is 1.10 bits per heavy atom. The average Bonchev–Trinajstić information content (AvgIpc) is 2.67. The number of hydrogen-bond acceptors (Lipinski definition) is 3. The Labute approximate surface area is 169 Å². The number of nitrogens with zero attached hydrogens (tertiary/aromatic N) is 1. The molecule has 3 aromatic rings. The van der Waals surface area contributed by atoms with Gasteiger partial charge in [0.15, 0.2) is 0 Å². The number of carboxylic acid groups (broad SMARTS) is 1. The number of carbonyl (C=O) groups is 1. The molecular weight excluding hydrogens is 365 g/mol. The third-order valence-electron chi connectivity index (χ3n) is 5.88. The molecule has 1 aromatic heterocycles. The third-order valence-corrected chi connectivity index (χ3v) is 5.88. The number of halogens is 1. The molecule has 0 unspecified atom stereocenters. The molecule has 1 heterocycles. The fourth-order valence-electron chi connectivity index (χ4n) is 4.15. The Bertz CT molecular complexity index is 1140. The zero-order chi connectivity index (χ0) is 20.8. The topological polar surface area (TPSA) is 53.0 Å². The van der Waals surface area contributed by atoms with Crippen LogP contribution in [0.5, 0.6) is 0 Å². The van der Waals surface area contributed by atoms with Crippen molar-refractivity contribution >= 4 is 28.5 Å². The van der Waals surface area contributed by atoms with Gasteiger partial charge < -0.3 is 9.90 Å². The van der Waals surface area contributed by atoms with Crippen LogP contribution >= 0.6 is 0 Å². The number of benzene rings is 2. The van der Waals surface area contributed by atoms with Gasteiger partial charge in [0.25, 0.3) is 0 Å². The van der Waals surface area contributed by atoms with Gasteiger partial charge in [0.05, 0.1) is 17.2 Å². The minimum Gasteiger partial charge on any atom is -0.545 e. The molecule has 0 amide bonds. The lowest BCUT2D eigenvalue weighted by atomic mass is 9.69. The first-order valence-electron chi connectivity index (χ1n) is 9.84. The van der Waals surface area contributed by atoms with Gasteiger partial charge >= 0.3 is 0 Å². The molecule has 3 nitrogen and oxygen atoms in total. The number of carbonyl (C=O) groups excluding carboxylic acids is 1. The molecule has 4 heteroatoms. The van der Waals surface area contributed by atoms with Crippen molar-refractivity contribution in [3.05, 3.63) is 76.7 Å². The molecule has 29 heavy (non-hydrogen) atoms. The molecule has 1 atom stereocenters. The van der Waals surface area contributed by atoms with E-state index in [4.69, 9.17) is 4.98 Å². The molecule has 0 spiro atoms. The number of aromatic nitrogens is 1. The normalized spacial score (nSPS) is 18.1. The highest BCUT2D eigenvalue weighted by Crippen LogP contribution is 2.44. The molecule has 0 bridgehead atoms. The first-order chi connectivity index (χ1) is 13.8. The lowest BCUT2D eigenvalue weighted by Gasteiger charge is -2.37. The summed E-state index contributed by atoms with van der Waals surface area (Å²) in [7, 11) is 0. The van der Waals surface area contributed by atoms with Crippen LogP contribution in [-0.4, -0.2) is 11.0 Å². The maximum atomic E-state index is 14.3. The van der Waals surface area contributed by atoms with Crippen molar-refractivity contribution in [2.75, 3.05) is 0 Å². The maximum absolute atomic E-state index is 14.3. The largest absolute Gasteiger partial charge is 0.545 e. The SMILES string of the molecule is CC(C)(C)[C@@H]1C/C(=C\c2ccccc2F)c2nc3ccccc3c(C(=O)[O-])c2C1. The van der Waals surface area contributed by atoms with Crippen molar-refractivity contribution in [2.24, 2.45) is 11.3 Å². The Hall–Kier alpha value is -3.01. The van der Waals surface area contributed by atoms with Crippen LogP contribution in [0.25, 0.3) is 22.6 Å². The first-order valence-corrected chi connectivity index (χ1v) is 9.84. The summed E-state index contributed by atoms with van der Waals surface area (Å²) in [6.45, 7) is 6.45. The van der Waals surface area contributed by atoms with E-state index in [9.17, 15) is 14.3 Å². The lowest BCUT2D eigenvalue weighted by molar-refractivity contribution is -0.254. The summed E-state index contributed by atoms with van der Waals surface area (Å²) in [6.07, 6.45) is 3.13. The minimum absolute atomic E-state index is 0.0408. The van der Waals surface area contributed by atoms with Crippen LogP contribution < -0.4 is 5.11 Å². The number of hydrogen-bond donors (Lipinski definition) is 0. The number of aromatic carboxylic acids is 1. The molecule has 0 N–H and O–H groups in total. The van der Waals surface area contributed by atoms with Gasteiger partial charge in [-0.25, -0.2) is 9.37 Å². The minimum atomic E-state index is -1.19. The second kappa shape index (κ2) is 7.11. The summed E-state index contributed by atoms with van der Waals surface area (Å²) in [5.74, 6) is -1.30. The summed E-state index contributed by atoms with van der Waals surface area (Å²) in [5, 5.41) is 12.7. The second-order valence-electron chi connectivity index (χ2n) is 8.78. The average molecular weight is 388 g/mol. The van der Waals surface area contributed by atoms with E-state index >= 15 is 0 Å². The summed E-state index contributed by atoms with van der Waals surface area (Å²) in [5.41, 5.74) is 3.46. The van der Waals surface area contributed by atoms with Gasteiger partial charge in [0.1, 0.15) is 5.82 Å². The van der Waals surface area contributed by atoms with Gasteiger partial charge in [-0.05, 0) is 53.5 Å². The van der Waals surface area contributed by atoms with Crippen molar-refractivity contribution in [3.63, 3.8) is 0 Å². The molecule has 0 fully saturated rings. The Kier molecular flexibility index (Phi) is 4.73. The molecule has 0 aliphatic heterocycles. The summed E-state index contributed by atoms with van der Waals surface area (Å²) in [6, 6.07) is 13.8. The molecule has 0 saturated carbocycles. The molecule has 1 aliphatic carbocycles. The zero-order valence-electron chi connectivity index (χ0n) is 16.8. The smallest absolute Gasteiger partial charge is 0.130 e. The fourth-order valence-corrected chi connectivity index (χ4v) is 4.15. The Morgan fingerprint density at radius 3 is 2.48 bits per heavy atom. The number of allylic oxidation sites excluding steroid dienone is 1. The van der Waals surface area contributed by atoms with Crippen LogP contribution in [0.15, 0.2) is 48.5 Å². The highest BCUT2D eigenvalue weighted by molar-refractivity contribution is 6.05. The van der Waals surface area contributed by atoms with E-state index in [0.717, 1.165) is 5.57 Å². The van der Waals surface area contributed by atoms with Crippen LogP contribution in [0.1, 0.15) is 54.4 Å². The molecule has 2 aromatic carbocycles. The zero-order valence-corrected chi connectivity index (χ0v) is 16.8. The van der Waals surface area contributed by atoms with Gasteiger partial charge in [-0.3, -0.25) is 0 Å². The first kappa shape index (κ1) is 19.3. The van der Waals surface area contributed by atoms with Crippen molar-refractivity contribution in [3.8, 4) is 0 Å². The van der Waals surface area contributed by atoms with Gasteiger partial charge in [-0.15, -0.1) is 0 Å². The van der Waals surface area contributed by atoms with Gasteiger partial charge in [-0.2, -0.15) is 0 Å². The van der Waals surface area contributed by atoms with Crippen molar-refractivity contribution in [2.45, 2.75) is 33.6 Å². The number of rotatable bonds is 2. The van der Waals surface area contributed by atoms with Crippen LogP contribution in [0.2, 0.25) is 0 Å².